The number of hydrogen-bond donors (Lipinski definition) is 1. The number of benzene rings is 4. The molecule has 0 fully saturated rings. The molecule has 5 rings (SSSR count). The molecule has 5 aromatic rings. The second-order valence-corrected chi connectivity index (χ2v) is 10.9. The number of nitrogens with zero attached hydrogens (tertiary/aromatic N) is 5. The van der Waals surface area contributed by atoms with Crippen LogP contribution in [0.4, 0.5) is 11.4 Å². The fourth-order valence-electron chi connectivity index (χ4n) is 4.95. The van der Waals surface area contributed by atoms with Crippen molar-refractivity contribution in [3.63, 3.8) is 0 Å². The van der Waals surface area contributed by atoms with Crippen LogP contribution in [0.1, 0.15) is 42.5 Å². The summed E-state index contributed by atoms with van der Waals surface area (Å²) in [6, 6.07) is 32.0. The van der Waals surface area contributed by atoms with Gasteiger partial charge in [0.25, 0.3) is 5.91 Å². The molecule has 1 heterocycles. The number of carbonyl (C=O) groups is 2. The number of nitrogens with one attached hydrogen (secondary N) is 1. The van der Waals surface area contributed by atoms with Gasteiger partial charge in [0.15, 0.2) is 0 Å². The van der Waals surface area contributed by atoms with Crippen LogP contribution in [0.25, 0.3) is 11.0 Å². The van der Waals surface area contributed by atoms with Gasteiger partial charge in [0, 0.05) is 32.0 Å². The van der Waals surface area contributed by atoms with Crippen molar-refractivity contribution >= 4 is 34.2 Å². The van der Waals surface area contributed by atoms with E-state index in [1.807, 2.05) is 122 Å². The van der Waals surface area contributed by atoms with Crippen molar-refractivity contribution in [1.82, 2.24) is 19.9 Å². The van der Waals surface area contributed by atoms with Crippen LogP contribution in [0.15, 0.2) is 103 Å². The van der Waals surface area contributed by atoms with Crippen LogP contribution in [-0.2, 0) is 22.7 Å². The summed E-state index contributed by atoms with van der Waals surface area (Å²) >= 11 is 0. The summed E-state index contributed by atoms with van der Waals surface area (Å²) in [5.74, 6) is -0.202. The van der Waals surface area contributed by atoms with E-state index in [4.69, 9.17) is 0 Å². The number of aromatic nitrogens is 3. The monoisotopic (exact) mass is 560 g/mol. The predicted molar refractivity (Wildman–Crippen MR) is 167 cm³/mol. The van der Waals surface area contributed by atoms with Crippen LogP contribution in [0.2, 0.25) is 0 Å². The molecule has 0 bridgehead atoms. The Morgan fingerprint density at radius 1 is 0.810 bits per heavy atom. The molecule has 8 heteroatoms. The van der Waals surface area contributed by atoms with E-state index in [0.29, 0.717) is 17.1 Å². The maximum Gasteiger partial charge on any atom is 0.251 e. The van der Waals surface area contributed by atoms with Crippen molar-refractivity contribution in [2.75, 3.05) is 24.3 Å². The average molecular weight is 561 g/mol. The average Bonchev–Trinajstić information content (AvgIpc) is 3.40. The highest BCUT2D eigenvalue weighted by Gasteiger charge is 2.32. The van der Waals surface area contributed by atoms with Crippen molar-refractivity contribution in [2.45, 2.75) is 38.9 Å². The van der Waals surface area contributed by atoms with Gasteiger partial charge in [-0.1, -0.05) is 85.8 Å². The zero-order valence-corrected chi connectivity index (χ0v) is 24.4. The van der Waals surface area contributed by atoms with Crippen LogP contribution in [0.3, 0.4) is 0 Å². The quantitative estimate of drug-likeness (QED) is 0.226. The SMILES string of the molecule is CC(C)c1ccc([C@@H](C(=O)Nc2ccc(N(C)C)cc2)N(Cc2ccccc2)C(=O)Cn2nnc3ccccc32)cc1. The van der Waals surface area contributed by atoms with E-state index >= 15 is 0 Å². The Balaban J connectivity index is 1.54. The van der Waals surface area contributed by atoms with Gasteiger partial charge in [-0.25, -0.2) is 4.68 Å². The Labute approximate surface area is 246 Å². The largest absolute Gasteiger partial charge is 0.378 e. The van der Waals surface area contributed by atoms with E-state index in [0.717, 1.165) is 27.9 Å². The number of para-hydroxylation sites is 1. The standard InChI is InChI=1S/C34H36N6O2/c1-24(2)26-14-16-27(17-15-26)33(34(42)35-28-18-20-29(21-19-28)38(3)4)39(22-25-10-6-5-7-11-25)32(41)23-40-31-13-9-8-12-30(31)36-37-40/h5-21,24,33H,22-23H2,1-4H3,(H,35,42)/t33-/m0/s1. The third-order valence-electron chi connectivity index (χ3n) is 7.35. The number of fused-ring (bicyclic) bond motifs is 1. The van der Waals surface area contributed by atoms with E-state index in [-0.39, 0.29) is 24.9 Å². The second kappa shape index (κ2) is 12.7. The van der Waals surface area contributed by atoms with Gasteiger partial charge in [-0.3, -0.25) is 9.59 Å². The van der Waals surface area contributed by atoms with E-state index in [2.05, 4.69) is 29.5 Å². The molecule has 42 heavy (non-hydrogen) atoms. The number of rotatable bonds is 10. The molecule has 4 aromatic carbocycles. The number of amides is 2. The zero-order valence-electron chi connectivity index (χ0n) is 24.4. The maximum absolute atomic E-state index is 14.2. The molecule has 0 radical (unpaired) electrons. The van der Waals surface area contributed by atoms with Crippen LogP contribution >= 0.6 is 0 Å². The van der Waals surface area contributed by atoms with E-state index in [1.54, 1.807) is 9.58 Å². The van der Waals surface area contributed by atoms with Gasteiger partial charge in [0.2, 0.25) is 5.91 Å². The van der Waals surface area contributed by atoms with Crippen molar-refractivity contribution in [3.05, 3.63) is 120 Å². The minimum atomic E-state index is -0.887. The highest BCUT2D eigenvalue weighted by Crippen LogP contribution is 2.28. The topological polar surface area (TPSA) is 83.4 Å². The molecule has 8 nitrogen and oxygen atoms in total. The van der Waals surface area contributed by atoms with Crippen molar-refractivity contribution < 1.29 is 9.59 Å². The van der Waals surface area contributed by atoms with Crippen LogP contribution < -0.4 is 10.2 Å². The molecule has 214 valence electrons. The third-order valence-corrected chi connectivity index (χ3v) is 7.35. The zero-order chi connectivity index (χ0) is 29.6. The lowest BCUT2D eigenvalue weighted by atomic mass is 9.97. The van der Waals surface area contributed by atoms with E-state index < -0.39 is 6.04 Å². The second-order valence-electron chi connectivity index (χ2n) is 10.9. The molecular formula is C34H36N6O2. The molecule has 0 aliphatic carbocycles. The summed E-state index contributed by atoms with van der Waals surface area (Å²) in [4.78, 5) is 32.0. The molecule has 0 saturated carbocycles. The molecule has 0 saturated heterocycles. The first kappa shape index (κ1) is 28.5. The van der Waals surface area contributed by atoms with Gasteiger partial charge in [-0.2, -0.15) is 0 Å². The van der Waals surface area contributed by atoms with E-state index in [9.17, 15) is 9.59 Å². The molecule has 0 unspecified atom stereocenters. The summed E-state index contributed by atoms with van der Waals surface area (Å²) in [6.45, 7) is 4.45. The first-order valence-electron chi connectivity index (χ1n) is 14.1. The first-order chi connectivity index (χ1) is 20.3. The van der Waals surface area contributed by atoms with Gasteiger partial charge in [0.1, 0.15) is 18.1 Å². The minimum absolute atomic E-state index is 0.0568. The fourth-order valence-corrected chi connectivity index (χ4v) is 4.95. The highest BCUT2D eigenvalue weighted by atomic mass is 16.2. The molecule has 0 aliphatic rings. The molecule has 1 aromatic heterocycles. The van der Waals surface area contributed by atoms with E-state index in [1.165, 1.54) is 0 Å². The third kappa shape index (κ3) is 6.49. The van der Waals surface area contributed by atoms with Gasteiger partial charge in [-0.15, -0.1) is 5.10 Å². The Kier molecular flexibility index (Phi) is 8.62. The van der Waals surface area contributed by atoms with Crippen molar-refractivity contribution in [3.8, 4) is 0 Å². The first-order valence-corrected chi connectivity index (χ1v) is 14.1. The summed E-state index contributed by atoms with van der Waals surface area (Å²) in [5, 5.41) is 11.5. The van der Waals surface area contributed by atoms with Gasteiger partial charge in [0.05, 0.1) is 5.52 Å². The smallest absolute Gasteiger partial charge is 0.251 e. The molecule has 0 spiro atoms. The van der Waals surface area contributed by atoms with Crippen LogP contribution in [0, 0.1) is 0 Å². The number of anilines is 2. The molecule has 2 amide bonds. The van der Waals surface area contributed by atoms with Gasteiger partial charge < -0.3 is 15.1 Å². The molecule has 0 aliphatic heterocycles. The Bertz CT molecular complexity index is 1640. The predicted octanol–water partition coefficient (Wildman–Crippen LogP) is 6.03. The Hall–Kier alpha value is -4.98. The molecular weight excluding hydrogens is 524 g/mol. The lowest BCUT2D eigenvalue weighted by molar-refractivity contribution is -0.140. The van der Waals surface area contributed by atoms with Crippen molar-refractivity contribution in [1.29, 1.82) is 0 Å². The van der Waals surface area contributed by atoms with Gasteiger partial charge >= 0.3 is 0 Å². The minimum Gasteiger partial charge on any atom is -0.378 e. The maximum atomic E-state index is 14.2. The lowest BCUT2D eigenvalue weighted by Crippen LogP contribution is -2.42. The van der Waals surface area contributed by atoms with Crippen molar-refractivity contribution in [2.24, 2.45) is 0 Å². The Morgan fingerprint density at radius 3 is 2.12 bits per heavy atom. The normalized spacial score (nSPS) is 11.8. The van der Waals surface area contributed by atoms with Crippen LogP contribution in [0.5, 0.6) is 0 Å². The lowest BCUT2D eigenvalue weighted by Gasteiger charge is -2.32. The summed E-state index contributed by atoms with van der Waals surface area (Å²) < 4.78 is 1.59. The number of carbonyl (C=O) groups excluding carboxylic acids is 2. The molecule has 1 N–H and O–H groups in total. The molecule has 1 atom stereocenters. The highest BCUT2D eigenvalue weighted by molar-refractivity contribution is 5.98. The van der Waals surface area contributed by atoms with Gasteiger partial charge in [-0.05, 0) is 59.0 Å². The Morgan fingerprint density at radius 2 is 1.45 bits per heavy atom. The summed E-state index contributed by atoms with van der Waals surface area (Å²) in [7, 11) is 3.94. The number of hydrogen-bond acceptors (Lipinski definition) is 5. The van der Waals surface area contributed by atoms with Crippen LogP contribution in [-0.4, -0.2) is 45.8 Å². The fraction of sp³-hybridized carbons (Fsp3) is 0.235. The summed E-state index contributed by atoms with van der Waals surface area (Å²) in [6.07, 6.45) is 0. The summed E-state index contributed by atoms with van der Waals surface area (Å²) in [5.41, 5.74) is 5.95.